The molecule has 0 saturated carbocycles. The summed E-state index contributed by atoms with van der Waals surface area (Å²) in [5.74, 6) is -12.0. The van der Waals surface area contributed by atoms with E-state index >= 15 is 0 Å². The number of ether oxygens (including phenoxy) is 2. The number of halogens is 7. The number of anilines is 2. The number of carbonyl (C=O) groups excluding carboxylic acids is 3. The molecule has 0 bridgehead atoms. The van der Waals surface area contributed by atoms with Crippen molar-refractivity contribution in [2.24, 2.45) is 0 Å². The van der Waals surface area contributed by atoms with Crippen LogP contribution < -0.4 is 25.4 Å². The molecule has 0 aromatic heterocycles. The summed E-state index contributed by atoms with van der Waals surface area (Å²) in [5, 5.41) is 5.71. The second-order valence-electron chi connectivity index (χ2n) is 10.5. The molecule has 0 saturated heterocycles. The summed E-state index contributed by atoms with van der Waals surface area (Å²) >= 11 is 0.822. The van der Waals surface area contributed by atoms with E-state index in [0.29, 0.717) is 22.0 Å². The summed E-state index contributed by atoms with van der Waals surface area (Å²) in [6, 6.07) is 18.9. The second-order valence-corrected chi connectivity index (χ2v) is 11.8. The highest BCUT2D eigenvalue weighted by Crippen LogP contribution is 2.39. The van der Waals surface area contributed by atoms with Crippen LogP contribution in [0.2, 0.25) is 0 Å². The molecule has 16 heteroatoms. The van der Waals surface area contributed by atoms with Crippen LogP contribution in [0.5, 0.6) is 11.5 Å². The molecule has 0 aliphatic heterocycles. The number of hydrogen-bond acceptors (Lipinski definition) is 6. The molecule has 0 aliphatic carbocycles. The largest absolute Gasteiger partial charge is 0.497 e. The standard InChI is InChI=1S/C35H28F7N3O5S/c1-4-25(34(48)45-31-29(38)27(36)26(35(40,41)42)28(37)30(31)39)51-22-12-8-11-20(17-22)43-33(47)23(44-32(46)18-9-6-5-7-10-18)16-19-15-21(49-2)13-14-24(19)50-3/h5-17,25H,4H2,1-3H3,(H,43,47)(H,44,46)(H,45,48)/b23-16+. The zero-order chi connectivity index (χ0) is 37.5. The van der Waals surface area contributed by atoms with Crippen LogP contribution in [0.4, 0.5) is 42.1 Å². The highest BCUT2D eigenvalue weighted by molar-refractivity contribution is 8.00. The number of amides is 3. The van der Waals surface area contributed by atoms with Gasteiger partial charge in [-0.25, -0.2) is 17.6 Å². The highest BCUT2D eigenvalue weighted by Gasteiger charge is 2.42. The number of hydrogen-bond donors (Lipinski definition) is 3. The van der Waals surface area contributed by atoms with Gasteiger partial charge in [-0.2, -0.15) is 13.2 Å². The first-order chi connectivity index (χ1) is 24.2. The van der Waals surface area contributed by atoms with Crippen molar-refractivity contribution in [3.8, 4) is 11.5 Å². The summed E-state index contributed by atoms with van der Waals surface area (Å²) in [7, 11) is 2.87. The van der Waals surface area contributed by atoms with Crippen LogP contribution >= 0.6 is 11.8 Å². The van der Waals surface area contributed by atoms with Crippen LogP contribution in [0.25, 0.3) is 6.08 Å². The van der Waals surface area contributed by atoms with Crippen molar-refractivity contribution in [1.29, 1.82) is 0 Å². The minimum absolute atomic E-state index is 0.0112. The van der Waals surface area contributed by atoms with Gasteiger partial charge < -0.3 is 25.4 Å². The van der Waals surface area contributed by atoms with Crippen molar-refractivity contribution in [1.82, 2.24) is 5.32 Å². The Morgan fingerprint density at radius 3 is 2.08 bits per heavy atom. The van der Waals surface area contributed by atoms with Gasteiger partial charge in [0.05, 0.1) is 19.5 Å². The molecule has 3 N–H and O–H groups in total. The van der Waals surface area contributed by atoms with E-state index in [2.05, 4.69) is 10.6 Å². The van der Waals surface area contributed by atoms with E-state index in [-0.39, 0.29) is 23.4 Å². The monoisotopic (exact) mass is 735 g/mol. The predicted molar refractivity (Wildman–Crippen MR) is 176 cm³/mol. The molecule has 1 atom stereocenters. The van der Waals surface area contributed by atoms with Crippen LogP contribution in [-0.2, 0) is 15.8 Å². The Hall–Kier alpha value is -5.51. The fraction of sp³-hybridized carbons (Fsp3) is 0.171. The number of thioether (sulfide) groups is 1. The van der Waals surface area contributed by atoms with Crippen molar-refractivity contribution in [2.45, 2.75) is 29.7 Å². The number of nitrogens with one attached hydrogen (secondary N) is 3. The lowest BCUT2D eigenvalue weighted by atomic mass is 10.1. The van der Waals surface area contributed by atoms with E-state index < -0.39 is 63.7 Å². The Labute approximate surface area is 291 Å². The van der Waals surface area contributed by atoms with Gasteiger partial charge in [0.15, 0.2) is 23.3 Å². The lowest BCUT2D eigenvalue weighted by Crippen LogP contribution is -2.30. The van der Waals surface area contributed by atoms with E-state index in [1.165, 1.54) is 51.5 Å². The van der Waals surface area contributed by atoms with E-state index in [9.17, 15) is 45.1 Å². The summed E-state index contributed by atoms with van der Waals surface area (Å²) in [6.45, 7) is 1.50. The van der Waals surface area contributed by atoms with Crippen LogP contribution in [0.1, 0.15) is 34.8 Å². The molecule has 0 radical (unpaired) electrons. The lowest BCUT2D eigenvalue weighted by molar-refractivity contribution is -0.143. The Morgan fingerprint density at radius 2 is 1.49 bits per heavy atom. The third kappa shape index (κ3) is 9.19. The fourth-order valence-corrected chi connectivity index (χ4v) is 5.59. The van der Waals surface area contributed by atoms with Gasteiger partial charge in [0, 0.05) is 21.7 Å². The average molecular weight is 736 g/mol. The van der Waals surface area contributed by atoms with Gasteiger partial charge in [-0.15, -0.1) is 11.8 Å². The molecule has 1 unspecified atom stereocenters. The highest BCUT2D eigenvalue weighted by atomic mass is 32.2. The molecule has 0 spiro atoms. The van der Waals surface area contributed by atoms with E-state index in [0.717, 1.165) is 11.8 Å². The quantitative estimate of drug-likeness (QED) is 0.0587. The number of methoxy groups -OCH3 is 2. The summed E-state index contributed by atoms with van der Waals surface area (Å²) in [5.41, 5.74) is -3.85. The van der Waals surface area contributed by atoms with Gasteiger partial charge in [-0.1, -0.05) is 31.2 Å². The maximum absolute atomic E-state index is 14.4. The van der Waals surface area contributed by atoms with Gasteiger partial charge in [0.2, 0.25) is 5.91 Å². The maximum Gasteiger partial charge on any atom is 0.422 e. The first-order valence-corrected chi connectivity index (χ1v) is 15.7. The van der Waals surface area contributed by atoms with Crippen molar-refractivity contribution >= 4 is 46.9 Å². The second kappa shape index (κ2) is 16.5. The molecular formula is C35H28F7N3O5S. The van der Waals surface area contributed by atoms with Crippen molar-refractivity contribution in [3.63, 3.8) is 0 Å². The molecule has 8 nitrogen and oxygen atoms in total. The Kier molecular flexibility index (Phi) is 12.4. The molecule has 51 heavy (non-hydrogen) atoms. The summed E-state index contributed by atoms with van der Waals surface area (Å²) in [6.07, 6.45) is -4.38. The number of carbonyl (C=O) groups is 3. The lowest BCUT2D eigenvalue weighted by Gasteiger charge is -2.18. The summed E-state index contributed by atoms with van der Waals surface area (Å²) < 4.78 is 107. The molecule has 4 rings (SSSR count). The molecule has 0 fully saturated rings. The van der Waals surface area contributed by atoms with Crippen LogP contribution in [0, 0.1) is 23.3 Å². The average Bonchev–Trinajstić information content (AvgIpc) is 3.11. The smallest absolute Gasteiger partial charge is 0.422 e. The molecule has 4 aromatic rings. The van der Waals surface area contributed by atoms with Gasteiger partial charge >= 0.3 is 6.18 Å². The normalized spacial score (nSPS) is 12.2. The van der Waals surface area contributed by atoms with E-state index in [1.54, 1.807) is 53.8 Å². The van der Waals surface area contributed by atoms with Crippen LogP contribution in [0.15, 0.2) is 83.4 Å². The predicted octanol–water partition coefficient (Wildman–Crippen LogP) is 8.20. The third-order valence-electron chi connectivity index (χ3n) is 7.09. The Morgan fingerprint density at radius 1 is 0.824 bits per heavy atom. The zero-order valence-electron chi connectivity index (χ0n) is 26.9. The fourth-order valence-electron chi connectivity index (χ4n) is 4.58. The minimum Gasteiger partial charge on any atom is -0.497 e. The molecule has 0 aliphatic rings. The van der Waals surface area contributed by atoms with Gasteiger partial charge in [0.1, 0.15) is 28.4 Å². The number of alkyl halides is 3. The van der Waals surface area contributed by atoms with Gasteiger partial charge in [-0.05, 0) is 61.0 Å². The first-order valence-electron chi connectivity index (χ1n) is 14.8. The van der Waals surface area contributed by atoms with Crippen LogP contribution in [0.3, 0.4) is 0 Å². The van der Waals surface area contributed by atoms with Crippen molar-refractivity contribution < 1.29 is 54.6 Å². The van der Waals surface area contributed by atoms with Crippen molar-refractivity contribution in [3.05, 3.63) is 118 Å². The molecule has 268 valence electrons. The Balaban J connectivity index is 1.58. The number of benzene rings is 4. The topological polar surface area (TPSA) is 106 Å². The van der Waals surface area contributed by atoms with Gasteiger partial charge in [-0.3, -0.25) is 14.4 Å². The Bertz CT molecular complexity index is 1940. The van der Waals surface area contributed by atoms with Gasteiger partial charge in [0.25, 0.3) is 11.8 Å². The molecule has 0 heterocycles. The number of rotatable bonds is 12. The minimum atomic E-state index is -5.74. The summed E-state index contributed by atoms with van der Waals surface area (Å²) in [4.78, 5) is 39.9. The molecule has 3 amide bonds. The van der Waals surface area contributed by atoms with Crippen molar-refractivity contribution in [2.75, 3.05) is 24.9 Å². The SMILES string of the molecule is CCC(Sc1cccc(NC(=O)/C(=C\c2cc(OC)ccc2OC)NC(=O)c2ccccc2)c1)C(=O)Nc1c(F)c(F)c(C(F)(F)F)c(F)c1F. The third-order valence-corrected chi connectivity index (χ3v) is 8.45. The first kappa shape index (κ1) is 38.3. The molecule has 4 aromatic carbocycles. The molecular weight excluding hydrogens is 707 g/mol. The maximum atomic E-state index is 14.4. The zero-order valence-corrected chi connectivity index (χ0v) is 27.7. The van der Waals surface area contributed by atoms with Crippen LogP contribution in [-0.4, -0.2) is 37.2 Å². The van der Waals surface area contributed by atoms with E-state index in [4.69, 9.17) is 9.47 Å². The van der Waals surface area contributed by atoms with E-state index in [1.807, 2.05) is 0 Å².